The summed E-state index contributed by atoms with van der Waals surface area (Å²) in [6, 6.07) is 0. The van der Waals surface area contributed by atoms with Crippen molar-refractivity contribution < 1.29 is 9.90 Å². The van der Waals surface area contributed by atoms with E-state index in [9.17, 15) is 9.90 Å². The topological polar surface area (TPSA) is 52.6 Å². The molecule has 118 valence electrons. The van der Waals surface area contributed by atoms with Crippen LogP contribution < -0.4 is 5.32 Å². The Morgan fingerprint density at radius 1 is 1.35 bits per heavy atom. The minimum Gasteiger partial charge on any atom is -0.389 e. The lowest BCUT2D eigenvalue weighted by Gasteiger charge is -2.38. The van der Waals surface area contributed by atoms with E-state index in [2.05, 4.69) is 24.1 Å². The van der Waals surface area contributed by atoms with Crippen LogP contribution in [0.3, 0.4) is 0 Å². The molecule has 1 unspecified atom stereocenters. The summed E-state index contributed by atoms with van der Waals surface area (Å²) in [5.74, 6) is 0.700. The molecule has 0 radical (unpaired) electrons. The summed E-state index contributed by atoms with van der Waals surface area (Å²) in [4.78, 5) is 13.9. The number of nitrogens with one attached hydrogen (secondary N) is 1. The number of piperidine rings is 1. The molecule has 4 heteroatoms. The van der Waals surface area contributed by atoms with Gasteiger partial charge in [-0.1, -0.05) is 20.8 Å². The Morgan fingerprint density at radius 3 is 2.65 bits per heavy atom. The number of hydrogen-bond donors (Lipinski definition) is 2. The van der Waals surface area contributed by atoms with Crippen LogP contribution in [-0.2, 0) is 4.79 Å². The molecule has 0 bridgehead atoms. The fourth-order valence-electron chi connectivity index (χ4n) is 2.92. The van der Waals surface area contributed by atoms with Gasteiger partial charge in [0.2, 0.25) is 5.91 Å². The van der Waals surface area contributed by atoms with E-state index in [-0.39, 0.29) is 5.91 Å². The molecule has 1 saturated heterocycles. The van der Waals surface area contributed by atoms with E-state index in [0.29, 0.717) is 12.3 Å². The second-order valence-electron chi connectivity index (χ2n) is 6.23. The van der Waals surface area contributed by atoms with Crippen molar-refractivity contribution in [2.45, 2.75) is 64.9 Å². The lowest BCUT2D eigenvalue weighted by Crippen LogP contribution is -2.48. The number of nitrogens with zero attached hydrogens (tertiary/aromatic N) is 1. The van der Waals surface area contributed by atoms with Crippen LogP contribution >= 0.6 is 0 Å². The number of likely N-dealkylation sites (tertiary alicyclic amines) is 1. The minimum absolute atomic E-state index is 0.170. The average Bonchev–Trinajstić information content (AvgIpc) is 2.46. The van der Waals surface area contributed by atoms with Gasteiger partial charge in [-0.2, -0.15) is 0 Å². The first kappa shape index (κ1) is 17.4. The summed E-state index contributed by atoms with van der Waals surface area (Å²) < 4.78 is 0. The molecule has 1 fully saturated rings. The summed E-state index contributed by atoms with van der Waals surface area (Å²) in [5.41, 5.74) is -0.548. The SMILES string of the molecule is CCCC(=O)NCC1CCCN(CC(O)(CC)CC)C1. The lowest BCUT2D eigenvalue weighted by molar-refractivity contribution is -0.121. The Labute approximate surface area is 123 Å². The molecule has 20 heavy (non-hydrogen) atoms. The molecule has 0 aromatic heterocycles. The fourth-order valence-corrected chi connectivity index (χ4v) is 2.92. The first-order valence-electron chi connectivity index (χ1n) is 8.24. The van der Waals surface area contributed by atoms with Gasteiger partial charge in [-0.3, -0.25) is 4.79 Å². The molecule has 1 atom stereocenters. The van der Waals surface area contributed by atoms with Gasteiger partial charge >= 0.3 is 0 Å². The van der Waals surface area contributed by atoms with Gasteiger partial charge in [0.25, 0.3) is 0 Å². The van der Waals surface area contributed by atoms with E-state index >= 15 is 0 Å². The van der Waals surface area contributed by atoms with Gasteiger partial charge in [-0.15, -0.1) is 0 Å². The molecule has 1 rings (SSSR count). The molecular weight excluding hydrogens is 252 g/mol. The second kappa shape index (κ2) is 8.63. The van der Waals surface area contributed by atoms with Gasteiger partial charge in [-0.05, 0) is 44.6 Å². The monoisotopic (exact) mass is 284 g/mol. The van der Waals surface area contributed by atoms with Gasteiger partial charge in [0, 0.05) is 26.1 Å². The van der Waals surface area contributed by atoms with E-state index in [1.807, 2.05) is 6.92 Å². The lowest BCUT2D eigenvalue weighted by atomic mass is 9.93. The van der Waals surface area contributed by atoms with Crippen LogP contribution in [0.4, 0.5) is 0 Å². The smallest absolute Gasteiger partial charge is 0.219 e. The third kappa shape index (κ3) is 5.80. The summed E-state index contributed by atoms with van der Waals surface area (Å²) >= 11 is 0. The van der Waals surface area contributed by atoms with Crippen molar-refractivity contribution in [1.29, 1.82) is 0 Å². The van der Waals surface area contributed by atoms with Crippen LogP contribution in [0.25, 0.3) is 0 Å². The zero-order chi connectivity index (χ0) is 15.0. The van der Waals surface area contributed by atoms with Crippen LogP contribution in [0.1, 0.15) is 59.3 Å². The highest BCUT2D eigenvalue weighted by Gasteiger charge is 2.28. The molecule has 0 aromatic rings. The van der Waals surface area contributed by atoms with Crippen LogP contribution in [0, 0.1) is 5.92 Å². The molecule has 0 spiro atoms. The van der Waals surface area contributed by atoms with Gasteiger partial charge in [0.1, 0.15) is 0 Å². The molecule has 1 heterocycles. The molecule has 2 N–H and O–H groups in total. The van der Waals surface area contributed by atoms with Crippen molar-refractivity contribution in [1.82, 2.24) is 10.2 Å². The Kier molecular flexibility index (Phi) is 7.52. The highest BCUT2D eigenvalue weighted by molar-refractivity contribution is 5.75. The summed E-state index contributed by atoms with van der Waals surface area (Å²) in [7, 11) is 0. The molecular formula is C16H32N2O2. The Morgan fingerprint density at radius 2 is 2.05 bits per heavy atom. The fraction of sp³-hybridized carbons (Fsp3) is 0.938. The first-order chi connectivity index (χ1) is 9.53. The molecule has 0 aliphatic carbocycles. The number of aliphatic hydroxyl groups is 1. The molecule has 0 saturated carbocycles. The Balaban J connectivity index is 2.36. The maximum atomic E-state index is 11.5. The van der Waals surface area contributed by atoms with Crippen molar-refractivity contribution in [3.63, 3.8) is 0 Å². The Bertz CT molecular complexity index is 290. The maximum absolute atomic E-state index is 11.5. The van der Waals surface area contributed by atoms with Crippen LogP contribution in [-0.4, -0.2) is 47.7 Å². The van der Waals surface area contributed by atoms with Crippen LogP contribution in [0.2, 0.25) is 0 Å². The van der Waals surface area contributed by atoms with E-state index < -0.39 is 5.60 Å². The molecule has 0 aromatic carbocycles. The van der Waals surface area contributed by atoms with Crippen molar-refractivity contribution in [3.8, 4) is 0 Å². The number of carbonyl (C=O) groups is 1. The minimum atomic E-state index is -0.548. The standard InChI is InChI=1S/C16H32N2O2/c1-4-8-15(19)17-11-14-9-7-10-18(12-14)13-16(20,5-2)6-3/h14,20H,4-13H2,1-3H3,(H,17,19). The number of amides is 1. The molecule has 1 aliphatic heterocycles. The maximum Gasteiger partial charge on any atom is 0.219 e. The second-order valence-corrected chi connectivity index (χ2v) is 6.23. The van der Waals surface area contributed by atoms with Crippen molar-refractivity contribution >= 4 is 5.91 Å². The number of β-amino-alcohol motifs (C(OH)–C–C–N with tert-alkyl or cyclic N) is 1. The van der Waals surface area contributed by atoms with Gasteiger partial charge in [0.05, 0.1) is 5.60 Å². The number of rotatable bonds is 8. The summed E-state index contributed by atoms with van der Waals surface area (Å²) in [5, 5.41) is 13.5. The molecule has 1 aliphatic rings. The third-order valence-electron chi connectivity index (χ3n) is 4.50. The summed E-state index contributed by atoms with van der Waals surface area (Å²) in [6.07, 6.45) is 5.48. The van der Waals surface area contributed by atoms with Gasteiger partial charge in [-0.25, -0.2) is 0 Å². The van der Waals surface area contributed by atoms with E-state index in [1.54, 1.807) is 0 Å². The van der Waals surface area contributed by atoms with E-state index in [1.165, 1.54) is 6.42 Å². The van der Waals surface area contributed by atoms with Gasteiger partial charge in [0.15, 0.2) is 0 Å². The number of carbonyl (C=O) groups excluding carboxylic acids is 1. The van der Waals surface area contributed by atoms with Crippen molar-refractivity contribution in [3.05, 3.63) is 0 Å². The van der Waals surface area contributed by atoms with Gasteiger partial charge < -0.3 is 15.3 Å². The molecule has 1 amide bonds. The number of hydrogen-bond acceptors (Lipinski definition) is 3. The summed E-state index contributed by atoms with van der Waals surface area (Å²) in [6.45, 7) is 9.74. The predicted octanol–water partition coefficient (Wildman–Crippen LogP) is 2.17. The average molecular weight is 284 g/mol. The molecule has 4 nitrogen and oxygen atoms in total. The third-order valence-corrected chi connectivity index (χ3v) is 4.50. The Hall–Kier alpha value is -0.610. The van der Waals surface area contributed by atoms with Crippen LogP contribution in [0.15, 0.2) is 0 Å². The van der Waals surface area contributed by atoms with E-state index in [4.69, 9.17) is 0 Å². The van der Waals surface area contributed by atoms with Crippen molar-refractivity contribution in [2.75, 3.05) is 26.2 Å². The largest absolute Gasteiger partial charge is 0.389 e. The first-order valence-corrected chi connectivity index (χ1v) is 8.24. The van der Waals surface area contributed by atoms with E-state index in [0.717, 1.165) is 51.9 Å². The highest BCUT2D eigenvalue weighted by atomic mass is 16.3. The zero-order valence-electron chi connectivity index (χ0n) is 13.5. The predicted molar refractivity (Wildman–Crippen MR) is 82.6 cm³/mol. The zero-order valence-corrected chi connectivity index (χ0v) is 13.5. The van der Waals surface area contributed by atoms with Crippen LogP contribution in [0.5, 0.6) is 0 Å². The van der Waals surface area contributed by atoms with Crippen molar-refractivity contribution in [2.24, 2.45) is 5.92 Å². The normalized spacial score (nSPS) is 20.9. The highest BCUT2D eigenvalue weighted by Crippen LogP contribution is 2.21. The quantitative estimate of drug-likeness (QED) is 0.718.